The number of hydrogen-bond acceptors (Lipinski definition) is 9. The second-order valence-electron chi connectivity index (χ2n) is 17.5. The lowest BCUT2D eigenvalue weighted by molar-refractivity contribution is -0.160. The number of nitrogens with one attached hydrogen (secondary N) is 2. The summed E-state index contributed by atoms with van der Waals surface area (Å²) in [7, 11) is 0. The smallest absolute Gasteiger partial charge is 0.329 e. The molecule has 0 aromatic rings. The molecule has 0 aliphatic heterocycles. The van der Waals surface area contributed by atoms with Gasteiger partial charge in [-0.15, -0.1) is 0 Å². The Morgan fingerprint density at radius 1 is 0.426 bits per heavy atom. The zero-order valence-electron chi connectivity index (χ0n) is 35.3. The maximum atomic E-state index is 12.9. The number of carbonyl (C=O) groups excluding carboxylic acids is 5. The number of carbonyl (C=O) groups is 6. The van der Waals surface area contributed by atoms with Crippen molar-refractivity contribution < 1.29 is 48.1 Å². The van der Waals surface area contributed by atoms with E-state index in [1.807, 2.05) is 20.8 Å². The third kappa shape index (κ3) is 32.3. The van der Waals surface area contributed by atoms with Crippen molar-refractivity contribution in [1.29, 1.82) is 0 Å². The highest BCUT2D eigenvalue weighted by Gasteiger charge is 2.30. The maximum Gasteiger partial charge on any atom is 0.329 e. The molecule has 0 saturated carbocycles. The molecule has 12 nitrogen and oxygen atoms in total. The van der Waals surface area contributed by atoms with Crippen LogP contribution >= 0.6 is 0 Å². The van der Waals surface area contributed by atoms with E-state index >= 15 is 0 Å². The Kier molecular flexibility index (Phi) is 25.8. The summed E-state index contributed by atoms with van der Waals surface area (Å²) in [6, 6.07) is -2.21. The van der Waals surface area contributed by atoms with Gasteiger partial charge >= 0.3 is 23.9 Å². The minimum atomic E-state index is -1.16. The number of amides is 2. The molecule has 3 N–H and O–H groups in total. The highest BCUT2D eigenvalue weighted by Crippen LogP contribution is 2.17. The maximum absolute atomic E-state index is 12.9. The van der Waals surface area contributed by atoms with Crippen molar-refractivity contribution in [3.63, 3.8) is 0 Å². The van der Waals surface area contributed by atoms with Gasteiger partial charge in [-0.25, -0.2) is 9.59 Å². The molecule has 0 aromatic heterocycles. The van der Waals surface area contributed by atoms with E-state index in [1.165, 1.54) is 64.2 Å². The van der Waals surface area contributed by atoms with Crippen molar-refractivity contribution >= 4 is 35.7 Å². The first kappa shape index (κ1) is 50.8. The van der Waals surface area contributed by atoms with E-state index in [-0.39, 0.29) is 44.0 Å². The molecule has 0 radical (unpaired) electrons. The first-order valence-corrected chi connectivity index (χ1v) is 20.6. The second-order valence-corrected chi connectivity index (χ2v) is 17.5. The van der Waals surface area contributed by atoms with Crippen molar-refractivity contribution in [2.75, 3.05) is 0 Å². The Morgan fingerprint density at radius 2 is 0.722 bits per heavy atom. The monoisotopic (exact) mass is 769 g/mol. The molecule has 2 amide bonds. The van der Waals surface area contributed by atoms with E-state index in [9.17, 15) is 28.8 Å². The van der Waals surface area contributed by atoms with E-state index in [1.54, 1.807) is 41.5 Å². The Balaban J connectivity index is 4.32. The van der Waals surface area contributed by atoms with Crippen LogP contribution in [0.5, 0.6) is 0 Å². The van der Waals surface area contributed by atoms with Gasteiger partial charge in [0.15, 0.2) is 0 Å². The van der Waals surface area contributed by atoms with Crippen LogP contribution in [-0.4, -0.2) is 69.7 Å². The number of carboxylic acids is 1. The molecule has 0 rings (SSSR count). The highest BCUT2D eigenvalue weighted by molar-refractivity contribution is 5.87. The fraction of sp³-hybridized carbons (Fsp3) is 0.857. The molecule has 0 bridgehead atoms. The van der Waals surface area contributed by atoms with Crippen LogP contribution in [0.25, 0.3) is 0 Å². The second kappa shape index (κ2) is 27.4. The number of unbranched alkanes of at least 4 members (excludes halogenated alkanes) is 15. The lowest BCUT2D eigenvalue weighted by Crippen LogP contribution is -2.46. The molecule has 0 saturated heterocycles. The van der Waals surface area contributed by atoms with Crippen molar-refractivity contribution in [2.24, 2.45) is 0 Å². The van der Waals surface area contributed by atoms with E-state index in [2.05, 4.69) is 10.6 Å². The quantitative estimate of drug-likeness (QED) is 0.0380. The van der Waals surface area contributed by atoms with E-state index < -0.39 is 52.7 Å². The third-order valence-electron chi connectivity index (χ3n) is 8.31. The molecule has 12 heteroatoms. The van der Waals surface area contributed by atoms with Crippen LogP contribution in [0.1, 0.15) is 204 Å². The summed E-state index contributed by atoms with van der Waals surface area (Å²) in [5.74, 6) is -3.47. The molecule has 0 fully saturated rings. The molecule has 314 valence electrons. The van der Waals surface area contributed by atoms with E-state index in [0.717, 1.165) is 32.1 Å². The molecular formula is C42H76N2O10. The normalized spacial score (nSPS) is 13.1. The first-order chi connectivity index (χ1) is 25.1. The molecule has 0 aromatic carbocycles. The SMILES string of the molecule is CC(C)(C)OC(=O)CCCCCCCCCCCCCCCCCCC(=O)NC(CCC(=O)N[C@@H](CCC(=O)O)C(=O)OC(C)(C)C)C(=O)OC(C)(C)C. The van der Waals surface area contributed by atoms with Crippen molar-refractivity contribution in [2.45, 2.75) is 232 Å². The van der Waals surface area contributed by atoms with Gasteiger partial charge in [0, 0.05) is 25.7 Å². The number of aliphatic carboxylic acids is 1. The molecule has 54 heavy (non-hydrogen) atoms. The zero-order valence-corrected chi connectivity index (χ0v) is 35.3. The summed E-state index contributed by atoms with van der Waals surface area (Å²) >= 11 is 0. The lowest BCUT2D eigenvalue weighted by atomic mass is 10.0. The predicted molar refractivity (Wildman–Crippen MR) is 211 cm³/mol. The van der Waals surface area contributed by atoms with Crippen molar-refractivity contribution in [3.05, 3.63) is 0 Å². The van der Waals surface area contributed by atoms with Gasteiger partial charge in [-0.2, -0.15) is 0 Å². The molecule has 0 spiro atoms. The highest BCUT2D eigenvalue weighted by atomic mass is 16.6. The summed E-state index contributed by atoms with van der Waals surface area (Å²) < 4.78 is 16.2. The molecule has 0 heterocycles. The van der Waals surface area contributed by atoms with Crippen LogP contribution in [0, 0.1) is 0 Å². The van der Waals surface area contributed by atoms with Crippen LogP contribution in [0.15, 0.2) is 0 Å². The summed E-state index contributed by atoms with van der Waals surface area (Å²) in [6.45, 7) is 15.9. The van der Waals surface area contributed by atoms with Crippen LogP contribution in [-0.2, 0) is 43.0 Å². The van der Waals surface area contributed by atoms with Gasteiger partial charge in [0.05, 0.1) is 0 Å². The number of carboxylic acid groups (broad SMARTS) is 1. The minimum Gasteiger partial charge on any atom is -0.481 e. The standard InChI is InChI=1S/C42H76N2O10/c1-40(2,3)52-37(49)27-25-23-21-19-17-15-13-11-10-12-14-16-18-20-22-24-26-34(45)43-32(38(50)53-41(4,5)6)28-30-35(46)44-33(29-31-36(47)48)39(51)54-42(7,8)9/h32-33H,10-31H2,1-9H3,(H,43,45)(H,44,46)(H,47,48)/t32?,33-/m0/s1. The summed E-state index contributed by atoms with van der Waals surface area (Å²) in [5, 5.41) is 14.3. The number of esters is 3. The van der Waals surface area contributed by atoms with Gasteiger partial charge in [-0.3, -0.25) is 19.2 Å². The fourth-order valence-electron chi connectivity index (χ4n) is 5.74. The average molecular weight is 769 g/mol. The topological polar surface area (TPSA) is 174 Å². The molecule has 1 unspecified atom stereocenters. The minimum absolute atomic E-state index is 0.0504. The van der Waals surface area contributed by atoms with Crippen LogP contribution in [0.2, 0.25) is 0 Å². The lowest BCUT2D eigenvalue weighted by Gasteiger charge is -2.25. The fourth-order valence-corrected chi connectivity index (χ4v) is 5.74. The van der Waals surface area contributed by atoms with Gasteiger partial charge in [0.25, 0.3) is 0 Å². The Hall–Kier alpha value is -3.18. The Labute approximate surface area is 326 Å². The summed E-state index contributed by atoms with van der Waals surface area (Å²) in [5.41, 5.74) is -2.03. The van der Waals surface area contributed by atoms with Crippen molar-refractivity contribution in [1.82, 2.24) is 10.6 Å². The van der Waals surface area contributed by atoms with Gasteiger partial charge in [0.2, 0.25) is 11.8 Å². The Morgan fingerprint density at radius 3 is 1.06 bits per heavy atom. The predicted octanol–water partition coefficient (Wildman–Crippen LogP) is 8.65. The molecule has 0 aliphatic carbocycles. The van der Waals surface area contributed by atoms with Gasteiger partial charge in [-0.05, 0) is 88.0 Å². The first-order valence-electron chi connectivity index (χ1n) is 20.6. The van der Waals surface area contributed by atoms with Gasteiger partial charge in [0.1, 0.15) is 28.9 Å². The van der Waals surface area contributed by atoms with Crippen molar-refractivity contribution in [3.8, 4) is 0 Å². The molecule has 0 aliphatic rings. The van der Waals surface area contributed by atoms with Crippen LogP contribution in [0.3, 0.4) is 0 Å². The average Bonchev–Trinajstić information content (AvgIpc) is 3.01. The van der Waals surface area contributed by atoms with Crippen LogP contribution in [0.4, 0.5) is 0 Å². The van der Waals surface area contributed by atoms with Gasteiger partial charge < -0.3 is 30.0 Å². The van der Waals surface area contributed by atoms with Gasteiger partial charge in [-0.1, -0.05) is 89.9 Å². The molecular weight excluding hydrogens is 692 g/mol. The summed E-state index contributed by atoms with van der Waals surface area (Å²) in [6.07, 6.45) is 18.3. The summed E-state index contributed by atoms with van der Waals surface area (Å²) in [4.78, 5) is 74.0. The number of hydrogen-bond donors (Lipinski definition) is 3. The third-order valence-corrected chi connectivity index (χ3v) is 8.31. The van der Waals surface area contributed by atoms with Crippen LogP contribution < -0.4 is 10.6 Å². The number of rotatable bonds is 29. The Bertz CT molecular complexity index is 1120. The van der Waals surface area contributed by atoms with E-state index in [0.29, 0.717) is 12.8 Å². The zero-order chi connectivity index (χ0) is 41.2. The largest absolute Gasteiger partial charge is 0.481 e. The van der Waals surface area contributed by atoms with E-state index in [4.69, 9.17) is 19.3 Å². The number of ether oxygens (including phenoxy) is 3. The molecule has 2 atom stereocenters.